The van der Waals surface area contributed by atoms with E-state index in [4.69, 9.17) is 35.2 Å². The molecule has 4 aromatic heterocycles. The molecule has 4 heterocycles. The van der Waals surface area contributed by atoms with Crippen LogP contribution < -0.4 is 0 Å². The van der Waals surface area contributed by atoms with Crippen LogP contribution in [0.1, 0.15) is 72.3 Å². The maximum Gasteiger partial charge on any atom is 0.269 e. The molecule has 0 saturated carbocycles. The molecule has 12 aromatic rings. The van der Waals surface area contributed by atoms with Crippen LogP contribution in [0.3, 0.4) is 0 Å². The number of fused-ring (bicyclic) bond motifs is 4. The molecule has 0 unspecified atom stereocenters. The molecule has 0 bridgehead atoms. The number of nitro groups is 3. The van der Waals surface area contributed by atoms with Crippen molar-refractivity contribution in [1.29, 1.82) is 0 Å². The first-order valence-electron chi connectivity index (χ1n) is 28.2. The minimum Gasteiger partial charge on any atom is -0.312 e. The van der Waals surface area contributed by atoms with E-state index in [0.29, 0.717) is 0 Å². The smallest absolute Gasteiger partial charge is 0.269 e. The lowest BCUT2D eigenvalue weighted by atomic mass is 10.1. The van der Waals surface area contributed by atoms with Gasteiger partial charge in [0.1, 0.15) is 20.0 Å². The lowest BCUT2D eigenvalue weighted by Crippen LogP contribution is -1.99. The zero-order chi connectivity index (χ0) is 64.8. The number of rotatable bonds is 5. The molecular weight excluding hydrogens is 1180 g/mol. The topological polar surface area (TPSA) is 184 Å². The number of benzene rings is 8. The first-order chi connectivity index (χ1) is 41.5. The van der Waals surface area contributed by atoms with Crippen LogP contribution in [0.5, 0.6) is 0 Å². The van der Waals surface area contributed by atoms with Gasteiger partial charge in [-0.3, -0.25) is 30.3 Å². The van der Waals surface area contributed by atoms with E-state index in [9.17, 15) is 10.1 Å². The molecule has 0 aliphatic heterocycles. The fourth-order valence-corrected chi connectivity index (χ4v) is 13.6. The summed E-state index contributed by atoms with van der Waals surface area (Å²) in [7, 11) is 7.78. The highest BCUT2D eigenvalue weighted by Gasteiger charge is 2.15. The van der Waals surface area contributed by atoms with E-state index in [-0.39, 0.29) is 5.69 Å². The molecule has 18 heteroatoms. The summed E-state index contributed by atoms with van der Waals surface area (Å²) in [4.78, 5) is 48.0. The molecule has 0 atom stereocenters. The van der Waals surface area contributed by atoms with Gasteiger partial charge in [-0.15, -0.1) is 45.3 Å². The van der Waals surface area contributed by atoms with Crippen molar-refractivity contribution in [3.05, 3.63) is 236 Å². The van der Waals surface area contributed by atoms with Crippen LogP contribution in [0.25, 0.3) is 83.2 Å². The molecule has 12 rings (SSSR count). The summed E-state index contributed by atoms with van der Waals surface area (Å²) in [6.07, 6.45) is 0. The number of aryl methyl sites for hydroxylation is 13. The highest BCUT2D eigenvalue weighted by atomic mass is 32.1. The summed E-state index contributed by atoms with van der Waals surface area (Å²) in [5.74, 6) is 0. The van der Waals surface area contributed by atoms with Crippen molar-refractivity contribution in [1.82, 2.24) is 24.8 Å². The monoisotopic (exact) mass is 1250 g/mol. The van der Waals surface area contributed by atoms with Crippen LogP contribution in [-0.2, 0) is 0 Å². The summed E-state index contributed by atoms with van der Waals surface area (Å²) >= 11 is 7.01. The molecule has 14 nitrogen and oxygen atoms in total. The second kappa shape index (κ2) is 30.9. The first-order valence-corrected chi connectivity index (χ1v) is 31.5. The van der Waals surface area contributed by atoms with E-state index < -0.39 is 14.8 Å². The fourth-order valence-electron chi connectivity index (χ4n) is 9.15. The molecule has 88 heavy (non-hydrogen) atoms. The van der Waals surface area contributed by atoms with Gasteiger partial charge in [0.05, 0.1) is 45.8 Å². The molecule has 0 saturated heterocycles. The number of non-ortho nitro benzene ring substituents is 1. The van der Waals surface area contributed by atoms with E-state index in [1.165, 1.54) is 114 Å². The minimum absolute atomic E-state index is 0.0993. The summed E-state index contributed by atoms with van der Waals surface area (Å²) in [6, 6.07) is 45.5. The Morgan fingerprint density at radius 3 is 0.761 bits per heavy atom. The normalized spacial score (nSPS) is 10.5. The van der Waals surface area contributed by atoms with Crippen LogP contribution in [0, 0.1) is 120 Å². The number of hydrogen-bond acceptors (Lipinski definition) is 15. The summed E-state index contributed by atoms with van der Waals surface area (Å²) in [6.45, 7) is 27.6. The second-order valence-electron chi connectivity index (χ2n) is 22.2. The lowest BCUT2D eigenvalue weighted by Gasteiger charge is -2.01. The highest BCUT2D eigenvalue weighted by molar-refractivity contribution is 7.23. The van der Waals surface area contributed by atoms with Crippen molar-refractivity contribution >= 4 is 91.9 Å². The minimum atomic E-state index is -0.500. The summed E-state index contributed by atoms with van der Waals surface area (Å²) < 4.78 is 5.12. The van der Waals surface area contributed by atoms with Gasteiger partial charge in [-0.2, -0.15) is 0 Å². The van der Waals surface area contributed by atoms with Gasteiger partial charge >= 0.3 is 0 Å². The molecule has 0 aliphatic rings. The Bertz CT molecular complexity index is 4080. The summed E-state index contributed by atoms with van der Waals surface area (Å²) in [5, 5.41) is 32.5. The highest BCUT2D eigenvalue weighted by Crippen LogP contribution is 2.38. The van der Waals surface area contributed by atoms with Gasteiger partial charge in [0.25, 0.3) is 5.69 Å². The van der Waals surface area contributed by atoms with Gasteiger partial charge in [0.15, 0.2) is 14.1 Å². The largest absolute Gasteiger partial charge is 0.312 e. The van der Waals surface area contributed by atoms with Crippen LogP contribution in [0.15, 0.2) is 133 Å². The zero-order valence-corrected chi connectivity index (χ0v) is 56.6. The van der Waals surface area contributed by atoms with E-state index in [0.717, 1.165) is 67.3 Å². The van der Waals surface area contributed by atoms with Gasteiger partial charge in [0, 0.05) is 44.2 Å². The second-order valence-corrected chi connectivity index (χ2v) is 26.2. The quantitative estimate of drug-likeness (QED) is 0.118. The Hall–Kier alpha value is -8.52. The van der Waals surface area contributed by atoms with Gasteiger partial charge < -0.3 is 4.90 Å². The maximum absolute atomic E-state index is 10.7. The van der Waals surface area contributed by atoms with E-state index in [1.807, 2.05) is 33.0 Å². The predicted octanol–water partition coefficient (Wildman–Crippen LogP) is 19.7. The van der Waals surface area contributed by atoms with Gasteiger partial charge in [0.2, 0.25) is 0 Å². The van der Waals surface area contributed by atoms with Crippen LogP contribution >= 0.6 is 45.3 Å². The van der Waals surface area contributed by atoms with Crippen molar-refractivity contribution in [2.24, 2.45) is 0 Å². The fraction of sp³-hybridized carbons (Fsp3) is 0.257. The Labute approximate surface area is 531 Å². The van der Waals surface area contributed by atoms with Crippen molar-refractivity contribution in [3.63, 3.8) is 0 Å². The molecule has 456 valence electrons. The molecular formula is C70H76N8O6S4. The Balaban J connectivity index is 0.000000176. The first kappa shape index (κ1) is 68.6. The average Bonchev–Trinajstić information content (AvgIpc) is 2.17. The SMILES string of the molecule is CN(C)C.C[N+](=O)[O-].C[N+](=O)[O-].Cc1cc(C)cc(-c2nc3c(C)ccc(C)c3s2)c1.Cc1cc(C)cc(-c2nc3c(C)ccc(C)c3s2)c1.Cc1ccc(-c2nc3c(C)ccc(C)c3s2)cc1.Cc1ccc(C)c2sc(-c3ccc([N+](=O)[O-])cc3)nc12. The van der Waals surface area contributed by atoms with Crippen LogP contribution in [-0.4, -0.2) is 74.8 Å². The van der Waals surface area contributed by atoms with Crippen molar-refractivity contribution in [3.8, 4) is 42.3 Å². The predicted molar refractivity (Wildman–Crippen MR) is 374 cm³/mol. The number of aromatic nitrogens is 4. The third-order valence-corrected chi connectivity index (χ3v) is 18.3. The van der Waals surface area contributed by atoms with E-state index >= 15 is 0 Å². The molecule has 0 spiro atoms. The van der Waals surface area contributed by atoms with Gasteiger partial charge in [-0.25, -0.2) is 19.9 Å². The zero-order valence-electron chi connectivity index (χ0n) is 53.4. The Morgan fingerprint density at radius 2 is 0.534 bits per heavy atom. The molecule has 0 radical (unpaired) electrons. The van der Waals surface area contributed by atoms with Gasteiger partial charge in [-0.1, -0.05) is 113 Å². The molecule has 0 N–H and O–H groups in total. The maximum atomic E-state index is 10.7. The van der Waals surface area contributed by atoms with Crippen molar-refractivity contribution < 1.29 is 14.8 Å². The van der Waals surface area contributed by atoms with Crippen molar-refractivity contribution in [2.75, 3.05) is 35.2 Å². The van der Waals surface area contributed by atoms with Crippen LogP contribution in [0.4, 0.5) is 5.69 Å². The van der Waals surface area contributed by atoms with Gasteiger partial charge in [-0.05, 0) is 192 Å². The number of nitrogens with zero attached hydrogens (tertiary/aromatic N) is 8. The van der Waals surface area contributed by atoms with Crippen LogP contribution in [0.2, 0.25) is 0 Å². The number of nitro benzene ring substituents is 1. The molecule has 8 aromatic carbocycles. The third kappa shape index (κ3) is 18.7. The third-order valence-electron chi connectivity index (χ3n) is 13.3. The average molecular weight is 1250 g/mol. The Kier molecular flexibility index (Phi) is 24.1. The summed E-state index contributed by atoms with van der Waals surface area (Å²) in [5.41, 5.74) is 25.7. The lowest BCUT2D eigenvalue weighted by molar-refractivity contribution is -0.445. The molecule has 0 amide bonds. The van der Waals surface area contributed by atoms with E-state index in [2.05, 4.69) is 197 Å². The van der Waals surface area contributed by atoms with Crippen molar-refractivity contribution in [2.45, 2.75) is 90.0 Å². The molecule has 0 aliphatic carbocycles. The van der Waals surface area contributed by atoms with E-state index in [1.54, 1.807) is 57.5 Å². The number of hydrogen-bond donors (Lipinski definition) is 0. The Morgan fingerprint density at radius 1 is 0.318 bits per heavy atom. The number of thiazole rings is 4. The standard InChI is InChI=1S/2C17H17NS.C16H15NS.C15H12N2O2S.C3H9N.2CH3NO2/c2*1-10-7-11(2)9-14(8-10)17-18-15-12(3)5-6-13(4)16(15)19-17;1-10-4-8-13(9-5-10)16-17-14-11(2)6-7-12(3)15(14)18-16;1-9-3-4-10(2)14-13(9)16-15(20-14)11-5-7-12(8-6-11)17(18)19;1-4(2)3;2*1-2(3)4/h2*5-9H,1-4H3;4-9H,1-3H3;3-8H,1-2H3;1-3H3;2*1H3. The molecule has 0 fully saturated rings.